The third kappa shape index (κ3) is 5.38. The van der Waals surface area contributed by atoms with Crippen molar-refractivity contribution in [2.24, 2.45) is 4.99 Å². The van der Waals surface area contributed by atoms with E-state index in [4.69, 9.17) is 0 Å². The Morgan fingerprint density at radius 2 is 1.11 bits per heavy atom. The van der Waals surface area contributed by atoms with Gasteiger partial charge in [0.05, 0.1) is 16.8 Å². The monoisotopic (exact) mass is 513 g/mol. The van der Waals surface area contributed by atoms with Gasteiger partial charge >= 0.3 is 12.4 Å². The minimum absolute atomic E-state index is 0.0439. The zero-order valence-corrected chi connectivity index (χ0v) is 19.5. The molecule has 0 radical (unpaired) electrons. The molecule has 0 bridgehead atoms. The Labute approximate surface area is 209 Å². The summed E-state index contributed by atoms with van der Waals surface area (Å²) in [7, 11) is 0. The van der Waals surface area contributed by atoms with E-state index in [1.165, 1.54) is 6.07 Å². The van der Waals surface area contributed by atoms with Crippen LogP contribution in [-0.4, -0.2) is 11.3 Å². The number of alkyl halides is 6. The highest BCUT2D eigenvalue weighted by Crippen LogP contribution is 2.44. The van der Waals surface area contributed by atoms with Gasteiger partial charge in [-0.3, -0.25) is 4.99 Å². The molecule has 0 aliphatic rings. The predicted octanol–water partition coefficient (Wildman–Crippen LogP) is 8.53. The van der Waals surface area contributed by atoms with Crippen LogP contribution in [0.15, 0.2) is 102 Å². The van der Waals surface area contributed by atoms with Crippen LogP contribution in [0.4, 0.5) is 32.0 Å². The standard InChI is InChI=1S/C29H21F6NO/c1-27(20-10-4-2-5-11-20,21-12-6-3-7-13-21)25-14-8-9-19(26(25)37)18-36-24-16-22(28(30,31)32)15-23(17-24)29(33,34)35/h2-18,37H,1H3. The largest absolute Gasteiger partial charge is 0.507 e. The molecule has 0 aromatic heterocycles. The summed E-state index contributed by atoms with van der Waals surface area (Å²) in [6.07, 6.45) is -8.91. The molecule has 2 nitrogen and oxygen atoms in total. The van der Waals surface area contributed by atoms with Crippen molar-refractivity contribution in [2.45, 2.75) is 24.7 Å². The van der Waals surface area contributed by atoms with Gasteiger partial charge in [-0.1, -0.05) is 72.8 Å². The van der Waals surface area contributed by atoms with E-state index >= 15 is 0 Å². The van der Waals surface area contributed by atoms with E-state index in [2.05, 4.69) is 4.99 Å². The minimum Gasteiger partial charge on any atom is -0.507 e. The molecule has 4 aromatic rings. The van der Waals surface area contributed by atoms with Crippen molar-refractivity contribution in [3.63, 3.8) is 0 Å². The molecular weight excluding hydrogens is 492 g/mol. The smallest absolute Gasteiger partial charge is 0.416 e. The van der Waals surface area contributed by atoms with Crippen LogP contribution in [0, 0.1) is 0 Å². The van der Waals surface area contributed by atoms with Crippen LogP contribution in [0.2, 0.25) is 0 Å². The third-order valence-electron chi connectivity index (χ3n) is 6.23. The summed E-state index contributed by atoms with van der Waals surface area (Å²) in [6, 6.07) is 24.8. The fraction of sp³-hybridized carbons (Fsp3) is 0.138. The van der Waals surface area contributed by atoms with Crippen molar-refractivity contribution >= 4 is 11.9 Å². The number of halogens is 6. The summed E-state index contributed by atoms with van der Waals surface area (Å²) < 4.78 is 79.3. The van der Waals surface area contributed by atoms with Crippen molar-refractivity contribution in [3.05, 3.63) is 130 Å². The number of para-hydroxylation sites is 1. The predicted molar refractivity (Wildman–Crippen MR) is 130 cm³/mol. The number of phenolic OH excluding ortho intramolecular Hbond substituents is 1. The lowest BCUT2D eigenvalue weighted by Crippen LogP contribution is -2.25. The maximum atomic E-state index is 13.2. The van der Waals surface area contributed by atoms with Crippen molar-refractivity contribution in [3.8, 4) is 5.75 Å². The second-order valence-electron chi connectivity index (χ2n) is 8.62. The van der Waals surface area contributed by atoms with E-state index < -0.39 is 34.6 Å². The van der Waals surface area contributed by atoms with Crippen LogP contribution in [0.25, 0.3) is 0 Å². The van der Waals surface area contributed by atoms with Gasteiger partial charge in [0.2, 0.25) is 0 Å². The molecule has 0 saturated carbocycles. The zero-order valence-electron chi connectivity index (χ0n) is 19.5. The Morgan fingerprint density at radius 3 is 1.57 bits per heavy atom. The molecule has 0 amide bonds. The van der Waals surface area contributed by atoms with Crippen molar-refractivity contribution in [1.29, 1.82) is 0 Å². The van der Waals surface area contributed by atoms with Crippen LogP contribution in [0.3, 0.4) is 0 Å². The first-order valence-corrected chi connectivity index (χ1v) is 11.2. The molecule has 0 atom stereocenters. The Morgan fingerprint density at radius 1 is 0.622 bits per heavy atom. The van der Waals surface area contributed by atoms with Crippen LogP contribution in [-0.2, 0) is 17.8 Å². The lowest BCUT2D eigenvalue weighted by atomic mass is 9.70. The van der Waals surface area contributed by atoms with Crippen LogP contribution in [0.5, 0.6) is 5.75 Å². The Kier molecular flexibility index (Phi) is 6.86. The summed E-state index contributed by atoms with van der Waals surface area (Å²) in [5.41, 5.74) is -1.91. The average molecular weight is 513 g/mol. The van der Waals surface area contributed by atoms with E-state index in [-0.39, 0.29) is 17.4 Å². The summed E-state index contributed by atoms with van der Waals surface area (Å²) in [5, 5.41) is 11.2. The number of aromatic hydroxyl groups is 1. The second kappa shape index (κ2) is 9.76. The van der Waals surface area contributed by atoms with Gasteiger partial charge in [0.25, 0.3) is 0 Å². The van der Waals surface area contributed by atoms with Crippen LogP contribution < -0.4 is 0 Å². The first-order chi connectivity index (χ1) is 17.4. The SMILES string of the molecule is CC(c1ccccc1)(c1ccccc1)c1cccc(C=Nc2cc(C(F)(F)F)cc(C(F)(F)F)c2)c1O. The lowest BCUT2D eigenvalue weighted by Gasteiger charge is -2.32. The molecule has 8 heteroatoms. The van der Waals surface area contributed by atoms with Gasteiger partial charge in [-0.05, 0) is 42.3 Å². The number of benzene rings is 4. The van der Waals surface area contributed by atoms with E-state index in [9.17, 15) is 31.4 Å². The van der Waals surface area contributed by atoms with E-state index in [0.717, 1.165) is 17.3 Å². The third-order valence-corrected chi connectivity index (χ3v) is 6.23. The second-order valence-corrected chi connectivity index (χ2v) is 8.62. The highest BCUT2D eigenvalue weighted by molar-refractivity contribution is 5.86. The van der Waals surface area contributed by atoms with Gasteiger partial charge in [0, 0.05) is 22.8 Å². The maximum Gasteiger partial charge on any atom is 0.416 e. The molecule has 4 rings (SSSR count). The van der Waals surface area contributed by atoms with Crippen molar-refractivity contribution in [1.82, 2.24) is 0 Å². The average Bonchev–Trinajstić information content (AvgIpc) is 2.87. The van der Waals surface area contributed by atoms with E-state index in [1.54, 1.807) is 12.1 Å². The molecule has 0 spiro atoms. The summed E-state index contributed by atoms with van der Waals surface area (Å²) in [6.45, 7) is 1.93. The zero-order chi connectivity index (χ0) is 26.8. The number of nitrogens with zero attached hydrogens (tertiary/aromatic N) is 1. The number of rotatable bonds is 5. The van der Waals surface area contributed by atoms with Gasteiger partial charge in [0.15, 0.2) is 0 Å². The van der Waals surface area contributed by atoms with Gasteiger partial charge < -0.3 is 5.11 Å². The van der Waals surface area contributed by atoms with Gasteiger partial charge in [-0.25, -0.2) is 0 Å². The number of phenols is 1. The molecule has 4 aromatic carbocycles. The molecule has 0 fully saturated rings. The highest BCUT2D eigenvalue weighted by atomic mass is 19.4. The lowest BCUT2D eigenvalue weighted by molar-refractivity contribution is -0.143. The molecule has 0 heterocycles. The topological polar surface area (TPSA) is 32.6 Å². The highest BCUT2D eigenvalue weighted by Gasteiger charge is 2.37. The van der Waals surface area contributed by atoms with Gasteiger partial charge in [-0.15, -0.1) is 0 Å². The van der Waals surface area contributed by atoms with Crippen molar-refractivity contribution in [2.75, 3.05) is 0 Å². The minimum atomic E-state index is -4.99. The van der Waals surface area contributed by atoms with Crippen LogP contribution in [0.1, 0.15) is 40.3 Å². The summed E-state index contributed by atoms with van der Waals surface area (Å²) >= 11 is 0. The molecule has 0 saturated heterocycles. The molecule has 0 aliphatic heterocycles. The molecule has 190 valence electrons. The number of hydrogen-bond donors (Lipinski definition) is 1. The van der Waals surface area contributed by atoms with Gasteiger partial charge in [0.1, 0.15) is 5.75 Å². The molecular formula is C29H21F6NO. The Bertz CT molecular complexity index is 1340. The van der Waals surface area contributed by atoms with E-state index in [0.29, 0.717) is 17.7 Å². The molecule has 1 N–H and O–H groups in total. The number of hydrogen-bond acceptors (Lipinski definition) is 2. The number of aliphatic imine (C=N–C) groups is 1. The molecule has 0 unspecified atom stereocenters. The maximum absolute atomic E-state index is 13.2. The van der Waals surface area contributed by atoms with Crippen LogP contribution >= 0.6 is 0 Å². The normalized spacial score (nSPS) is 12.7. The fourth-order valence-electron chi connectivity index (χ4n) is 4.25. The molecule has 37 heavy (non-hydrogen) atoms. The molecule has 0 aliphatic carbocycles. The quantitative estimate of drug-likeness (QED) is 0.162. The van der Waals surface area contributed by atoms with E-state index in [1.807, 2.05) is 67.6 Å². The van der Waals surface area contributed by atoms with Gasteiger partial charge in [-0.2, -0.15) is 26.3 Å². The van der Waals surface area contributed by atoms with Crippen molar-refractivity contribution < 1.29 is 31.4 Å². The summed E-state index contributed by atoms with van der Waals surface area (Å²) in [5.74, 6) is -0.190. The Hall–Kier alpha value is -4.07. The first kappa shape index (κ1) is 26.0. The summed E-state index contributed by atoms with van der Waals surface area (Å²) in [4.78, 5) is 3.87. The Balaban J connectivity index is 1.83. The fourth-order valence-corrected chi connectivity index (χ4v) is 4.25. The first-order valence-electron chi connectivity index (χ1n) is 11.2.